The molecule has 1 aromatic heterocycles. The second kappa shape index (κ2) is 11.8. The Balaban J connectivity index is 1.23. The summed E-state index contributed by atoms with van der Waals surface area (Å²) in [7, 11) is 0. The highest BCUT2D eigenvalue weighted by Crippen LogP contribution is 2.34. The minimum absolute atomic E-state index is 0.0654. The van der Waals surface area contributed by atoms with Crippen molar-refractivity contribution in [3.63, 3.8) is 0 Å². The van der Waals surface area contributed by atoms with Crippen molar-refractivity contribution in [2.45, 2.75) is 82.6 Å². The topological polar surface area (TPSA) is 72.9 Å². The van der Waals surface area contributed by atoms with E-state index in [1.165, 1.54) is 5.56 Å². The van der Waals surface area contributed by atoms with Crippen molar-refractivity contribution in [1.29, 1.82) is 0 Å². The van der Waals surface area contributed by atoms with Crippen molar-refractivity contribution >= 4 is 11.8 Å². The lowest BCUT2D eigenvalue weighted by Gasteiger charge is -2.28. The fourth-order valence-corrected chi connectivity index (χ4v) is 5.64. The Morgan fingerprint density at radius 3 is 2.90 bits per heavy atom. The van der Waals surface area contributed by atoms with E-state index in [1.54, 1.807) is 0 Å². The largest absolute Gasteiger partial charge is 0.486 e. The van der Waals surface area contributed by atoms with E-state index >= 15 is 4.39 Å². The van der Waals surface area contributed by atoms with Crippen LogP contribution in [0, 0.1) is 0 Å². The van der Waals surface area contributed by atoms with Gasteiger partial charge in [-0.05, 0) is 82.2 Å². The van der Waals surface area contributed by atoms with Crippen LogP contribution in [0.2, 0.25) is 0 Å². The molecule has 4 heterocycles. The molecule has 2 fully saturated rings. The summed E-state index contributed by atoms with van der Waals surface area (Å²) in [5.74, 6) is 1.35. The maximum Gasteiger partial charge on any atom is 0.306 e. The van der Waals surface area contributed by atoms with Gasteiger partial charge in [0.15, 0.2) is 0 Å². The molecule has 2 atom stereocenters. The lowest BCUT2D eigenvalue weighted by atomic mass is 9.94. The van der Waals surface area contributed by atoms with Crippen LogP contribution in [0.3, 0.4) is 0 Å². The first-order chi connectivity index (χ1) is 18.6. The third-order valence-electron chi connectivity index (χ3n) is 7.72. The molecule has 7 nitrogen and oxygen atoms in total. The number of rotatable bonds is 10. The van der Waals surface area contributed by atoms with Crippen molar-refractivity contribution in [2.75, 3.05) is 44.7 Å². The van der Waals surface area contributed by atoms with Crippen LogP contribution < -0.4 is 10.1 Å². The van der Waals surface area contributed by atoms with Crippen LogP contribution in [0.1, 0.15) is 69.2 Å². The van der Waals surface area contributed by atoms with Crippen molar-refractivity contribution < 1.29 is 23.4 Å². The number of esters is 1. The Kier molecular flexibility index (Phi) is 8.43. The van der Waals surface area contributed by atoms with Gasteiger partial charge in [0, 0.05) is 37.8 Å². The average Bonchev–Trinajstić information content (AvgIpc) is 3.24. The predicted octanol–water partition coefficient (Wildman–Crippen LogP) is 5.08. The zero-order chi connectivity index (χ0) is 27.5. The Morgan fingerprint density at radius 1 is 1.28 bits per heavy atom. The highest BCUT2D eigenvalue weighted by molar-refractivity contribution is 5.71. The maximum atomic E-state index is 16.0. The second-order valence-electron chi connectivity index (χ2n) is 12.3. The van der Waals surface area contributed by atoms with Gasteiger partial charge in [-0.3, -0.25) is 9.69 Å². The zero-order valence-electron chi connectivity index (χ0n) is 23.5. The first-order valence-corrected chi connectivity index (χ1v) is 14.3. The van der Waals surface area contributed by atoms with E-state index in [2.05, 4.69) is 16.3 Å². The van der Waals surface area contributed by atoms with Gasteiger partial charge in [0.05, 0.1) is 19.6 Å². The number of aromatic nitrogens is 1. The summed E-state index contributed by atoms with van der Waals surface area (Å²) < 4.78 is 32.9. The molecule has 3 aliphatic rings. The molecule has 0 saturated carbocycles. The van der Waals surface area contributed by atoms with Gasteiger partial charge in [-0.1, -0.05) is 18.2 Å². The standard InChI is InChI=1S/C31H42FN3O4/c1-30(2,3)39-28(36)17-24(23-6-4-8-26(16-23)38-27-19-37-20-27)18-35-15-13-31(32,21-35)12-11-25-10-9-22-7-5-14-33-29(22)34-25/h4,6,8-10,16,24,27H,5,7,11-15,17-21H2,1-3H3,(H,33,34). The summed E-state index contributed by atoms with van der Waals surface area (Å²) in [5.41, 5.74) is 1.37. The minimum atomic E-state index is -1.27. The van der Waals surface area contributed by atoms with Gasteiger partial charge in [-0.15, -0.1) is 0 Å². The number of fused-ring (bicyclic) bond motifs is 1. The number of likely N-dealkylation sites (tertiary alicyclic amines) is 1. The minimum Gasteiger partial charge on any atom is -0.486 e. The molecule has 212 valence electrons. The van der Waals surface area contributed by atoms with Crippen LogP contribution in [0.5, 0.6) is 5.75 Å². The second-order valence-corrected chi connectivity index (χ2v) is 12.3. The number of anilines is 1. The fourth-order valence-electron chi connectivity index (χ4n) is 5.64. The van der Waals surface area contributed by atoms with Crippen molar-refractivity contribution in [1.82, 2.24) is 9.88 Å². The molecule has 0 bridgehead atoms. The highest BCUT2D eigenvalue weighted by Gasteiger charge is 2.39. The summed E-state index contributed by atoms with van der Waals surface area (Å²) in [6.45, 7) is 9.36. The molecule has 0 spiro atoms. The number of aryl methyl sites for hydroxylation is 2. The lowest BCUT2D eigenvalue weighted by Crippen LogP contribution is -2.38. The molecule has 39 heavy (non-hydrogen) atoms. The molecular formula is C31H42FN3O4. The molecule has 1 N–H and O–H groups in total. The van der Waals surface area contributed by atoms with E-state index < -0.39 is 11.3 Å². The van der Waals surface area contributed by atoms with Crippen molar-refractivity contribution in [3.8, 4) is 5.75 Å². The third kappa shape index (κ3) is 7.70. The van der Waals surface area contributed by atoms with Crippen LogP contribution in [0.4, 0.5) is 10.2 Å². The fraction of sp³-hybridized carbons (Fsp3) is 0.613. The Bertz CT molecular complexity index is 1150. The van der Waals surface area contributed by atoms with E-state index in [4.69, 9.17) is 19.2 Å². The molecule has 5 rings (SSSR count). The number of carbonyl (C=O) groups is 1. The molecule has 0 amide bonds. The Morgan fingerprint density at radius 2 is 2.13 bits per heavy atom. The molecule has 1 aromatic carbocycles. The quantitative estimate of drug-likeness (QED) is 0.422. The SMILES string of the molecule is CC(C)(C)OC(=O)CC(CN1CCC(F)(CCc2ccc3c(n2)NCCC3)C1)c1cccc(OC2COC2)c1. The van der Waals surface area contributed by atoms with E-state index in [9.17, 15) is 4.79 Å². The average molecular weight is 540 g/mol. The van der Waals surface area contributed by atoms with Crippen molar-refractivity contribution in [2.24, 2.45) is 0 Å². The van der Waals surface area contributed by atoms with Crippen LogP contribution in [0.15, 0.2) is 36.4 Å². The molecule has 2 saturated heterocycles. The first kappa shape index (κ1) is 27.8. The lowest BCUT2D eigenvalue weighted by molar-refractivity contribution is -0.155. The summed E-state index contributed by atoms with van der Waals surface area (Å²) >= 11 is 0. The summed E-state index contributed by atoms with van der Waals surface area (Å²) in [6, 6.07) is 12.1. The number of pyridine rings is 1. The van der Waals surface area contributed by atoms with Gasteiger partial charge < -0.3 is 19.5 Å². The van der Waals surface area contributed by atoms with E-state index in [0.29, 0.717) is 52.1 Å². The Labute approximate surface area is 231 Å². The Hall–Kier alpha value is -2.71. The van der Waals surface area contributed by atoms with E-state index in [0.717, 1.165) is 42.2 Å². The van der Waals surface area contributed by atoms with E-state index in [-0.39, 0.29) is 24.4 Å². The van der Waals surface area contributed by atoms with Gasteiger partial charge in [0.25, 0.3) is 0 Å². The first-order valence-electron chi connectivity index (χ1n) is 14.3. The van der Waals surface area contributed by atoms with Crippen LogP contribution in [-0.2, 0) is 27.1 Å². The number of halogens is 1. The molecule has 2 unspecified atom stereocenters. The smallest absolute Gasteiger partial charge is 0.306 e. The molecular weight excluding hydrogens is 497 g/mol. The molecule has 0 radical (unpaired) electrons. The van der Waals surface area contributed by atoms with Gasteiger partial charge in [-0.2, -0.15) is 0 Å². The van der Waals surface area contributed by atoms with Gasteiger partial charge >= 0.3 is 5.97 Å². The number of nitrogens with zero attached hydrogens (tertiary/aromatic N) is 2. The number of hydrogen-bond acceptors (Lipinski definition) is 7. The normalized spacial score (nSPS) is 22.5. The van der Waals surface area contributed by atoms with Gasteiger partial charge in [-0.25, -0.2) is 9.37 Å². The van der Waals surface area contributed by atoms with Crippen LogP contribution in [-0.4, -0.2) is 72.6 Å². The van der Waals surface area contributed by atoms with Gasteiger partial charge in [0.1, 0.15) is 28.9 Å². The maximum absolute atomic E-state index is 16.0. The number of benzene rings is 1. The summed E-state index contributed by atoms with van der Waals surface area (Å²) in [6.07, 6.45) is 4.01. The predicted molar refractivity (Wildman–Crippen MR) is 149 cm³/mol. The highest BCUT2D eigenvalue weighted by atomic mass is 19.1. The number of hydrogen-bond donors (Lipinski definition) is 1. The monoisotopic (exact) mass is 539 g/mol. The molecule has 0 aliphatic carbocycles. The summed E-state index contributed by atoms with van der Waals surface area (Å²) in [4.78, 5) is 19.8. The number of ether oxygens (including phenoxy) is 3. The molecule has 8 heteroatoms. The summed E-state index contributed by atoms with van der Waals surface area (Å²) in [5, 5.41) is 3.37. The van der Waals surface area contributed by atoms with Crippen LogP contribution >= 0.6 is 0 Å². The van der Waals surface area contributed by atoms with Gasteiger partial charge in [0.2, 0.25) is 0 Å². The molecule has 3 aliphatic heterocycles. The van der Waals surface area contributed by atoms with E-state index in [1.807, 2.05) is 51.1 Å². The third-order valence-corrected chi connectivity index (χ3v) is 7.72. The van der Waals surface area contributed by atoms with Crippen molar-refractivity contribution in [3.05, 3.63) is 53.2 Å². The molecule has 2 aromatic rings. The zero-order valence-corrected chi connectivity index (χ0v) is 23.5. The number of nitrogens with one attached hydrogen (secondary N) is 1. The number of carbonyl (C=O) groups excluding carboxylic acids is 1. The van der Waals surface area contributed by atoms with Crippen LogP contribution in [0.25, 0.3) is 0 Å². The number of alkyl halides is 1.